The molecule has 0 bridgehead atoms. The van der Waals surface area contributed by atoms with E-state index < -0.39 is 4.87 Å². The normalized spacial score (nSPS) is 27.3. The number of rotatable bonds is 3. The maximum absolute atomic E-state index is 5.39. The Bertz CT molecular complexity index is 326. The summed E-state index contributed by atoms with van der Waals surface area (Å²) in [6.45, 7) is 0.960. The number of para-hydroxylation sites is 1. The Morgan fingerprint density at radius 3 is 2.64 bits per heavy atom. The fourth-order valence-electron chi connectivity index (χ4n) is 1.14. The molecule has 0 aromatic heterocycles. The Labute approximate surface area is 103 Å². The summed E-state index contributed by atoms with van der Waals surface area (Å²) in [6, 6.07) is 8.29. The monoisotopic (exact) mass is 299 g/mol. The lowest BCUT2D eigenvalue weighted by atomic mass is 10.3. The molecule has 0 amide bonds. The number of hydrogen-bond acceptors (Lipinski definition) is 5. The SMILES string of the molecule is COc1ccccc1[P+]1(SS)SPS1. The van der Waals surface area contributed by atoms with E-state index in [1.54, 1.807) is 17.5 Å². The van der Waals surface area contributed by atoms with Gasteiger partial charge in [-0.15, -0.1) is 0 Å². The second-order valence-corrected chi connectivity index (χ2v) is 20.0. The fourth-order valence-corrected chi connectivity index (χ4v) is 28.3. The summed E-state index contributed by atoms with van der Waals surface area (Å²) in [5, 5.41) is 1.34. The molecular weight excluding hydrogens is 290 g/mol. The van der Waals surface area contributed by atoms with Crippen LogP contribution in [0.5, 0.6) is 5.75 Å². The van der Waals surface area contributed by atoms with Gasteiger partial charge in [0.1, 0.15) is 10.4 Å². The van der Waals surface area contributed by atoms with Gasteiger partial charge < -0.3 is 4.74 Å². The minimum atomic E-state index is -1.16. The minimum absolute atomic E-state index is 0.960. The molecule has 2 rings (SSSR count). The number of ether oxygens (including phenoxy) is 1. The van der Waals surface area contributed by atoms with E-state index in [1.807, 2.05) is 34.1 Å². The largest absolute Gasteiger partial charge is 0.492 e. The first-order chi connectivity index (χ1) is 6.82. The summed E-state index contributed by atoms with van der Waals surface area (Å²) in [7, 11) is 3.43. The molecule has 1 aliphatic heterocycles. The minimum Gasteiger partial charge on any atom is -0.492 e. The lowest BCUT2D eigenvalue weighted by molar-refractivity contribution is 0.418. The molecule has 76 valence electrons. The van der Waals surface area contributed by atoms with Crippen LogP contribution in [0.15, 0.2) is 24.3 Å². The Hall–Kier alpha value is 1.28. The van der Waals surface area contributed by atoms with Gasteiger partial charge >= 0.3 is 0 Å². The van der Waals surface area contributed by atoms with Gasteiger partial charge in [0.15, 0.2) is 11.1 Å². The van der Waals surface area contributed by atoms with Crippen LogP contribution in [0.4, 0.5) is 0 Å². The maximum Gasteiger partial charge on any atom is 0.248 e. The van der Waals surface area contributed by atoms with Crippen LogP contribution in [-0.4, -0.2) is 7.11 Å². The maximum atomic E-state index is 5.39. The van der Waals surface area contributed by atoms with Crippen molar-refractivity contribution < 1.29 is 4.74 Å². The molecule has 1 fully saturated rings. The molecule has 0 saturated carbocycles. The topological polar surface area (TPSA) is 9.23 Å². The number of methoxy groups -OCH3 is 1. The molecule has 0 aliphatic carbocycles. The molecule has 14 heavy (non-hydrogen) atoms. The third kappa shape index (κ3) is 2.05. The third-order valence-corrected chi connectivity index (χ3v) is 31.2. The highest BCUT2D eigenvalue weighted by atomic mass is 33.8. The van der Waals surface area contributed by atoms with Crippen LogP contribution in [0.2, 0.25) is 0 Å². The molecular formula is C7H9OP2S4+. The van der Waals surface area contributed by atoms with E-state index >= 15 is 0 Å². The average molecular weight is 299 g/mol. The van der Waals surface area contributed by atoms with Gasteiger partial charge in [-0.25, -0.2) is 0 Å². The van der Waals surface area contributed by atoms with Crippen molar-refractivity contribution in [3.63, 3.8) is 0 Å². The highest BCUT2D eigenvalue weighted by Gasteiger charge is 2.55. The highest BCUT2D eigenvalue weighted by Crippen LogP contribution is 3.05. The van der Waals surface area contributed by atoms with E-state index in [9.17, 15) is 0 Å². The lowest BCUT2D eigenvalue weighted by Crippen LogP contribution is -2.07. The smallest absolute Gasteiger partial charge is 0.248 e. The highest BCUT2D eigenvalue weighted by molar-refractivity contribution is 9.53. The summed E-state index contributed by atoms with van der Waals surface area (Å²) < 4.78 is 5.39. The molecule has 0 unspecified atom stereocenters. The Morgan fingerprint density at radius 1 is 1.43 bits per heavy atom. The predicted octanol–water partition coefficient (Wildman–Crippen LogP) is 4.65. The van der Waals surface area contributed by atoms with E-state index in [4.69, 9.17) is 4.74 Å². The lowest BCUT2D eigenvalue weighted by Gasteiger charge is -2.26. The predicted molar refractivity (Wildman–Crippen MR) is 79.6 cm³/mol. The quantitative estimate of drug-likeness (QED) is 0.494. The molecule has 1 saturated heterocycles. The molecule has 1 aliphatic rings. The summed E-state index contributed by atoms with van der Waals surface area (Å²) in [6.07, 6.45) is 0. The Kier molecular flexibility index (Phi) is 4.26. The van der Waals surface area contributed by atoms with Gasteiger partial charge in [0, 0.05) is 0 Å². The molecule has 1 nitrogen and oxygen atoms in total. The van der Waals surface area contributed by atoms with E-state index in [2.05, 4.69) is 23.8 Å². The fraction of sp³-hybridized carbons (Fsp3) is 0.143. The molecule has 1 heterocycles. The van der Waals surface area contributed by atoms with Crippen LogP contribution in [0.3, 0.4) is 0 Å². The van der Waals surface area contributed by atoms with Gasteiger partial charge in [0.05, 0.1) is 36.1 Å². The van der Waals surface area contributed by atoms with E-state index in [0.717, 1.165) is 12.7 Å². The van der Waals surface area contributed by atoms with Crippen molar-refractivity contribution in [3.8, 4) is 5.75 Å². The van der Waals surface area contributed by atoms with Crippen molar-refractivity contribution in [2.75, 3.05) is 7.11 Å². The molecule has 7 heteroatoms. The van der Waals surface area contributed by atoms with Gasteiger partial charge in [-0.2, -0.15) is 0 Å². The van der Waals surface area contributed by atoms with E-state index in [-0.39, 0.29) is 0 Å². The molecule has 0 radical (unpaired) electrons. The van der Waals surface area contributed by atoms with Crippen molar-refractivity contribution in [2.24, 2.45) is 0 Å². The van der Waals surface area contributed by atoms with Gasteiger partial charge in [-0.3, -0.25) is 0 Å². The number of hydrogen-bond donors (Lipinski definition) is 1. The standard InChI is InChI=1S/C7H8OP2S4/c1-8-6-4-2-3-5-7(6)10(14-11)12-9-13-10/h2-5,9H,1H3/p+1. The van der Waals surface area contributed by atoms with E-state index in [0.29, 0.717) is 0 Å². The first kappa shape index (κ1) is 11.8. The van der Waals surface area contributed by atoms with Gasteiger partial charge in [-0.1, -0.05) is 23.8 Å². The van der Waals surface area contributed by atoms with Crippen LogP contribution >= 0.6 is 55.9 Å². The van der Waals surface area contributed by atoms with Gasteiger partial charge in [-0.05, 0) is 12.1 Å². The molecule has 1 aromatic rings. The first-order valence-corrected chi connectivity index (χ1v) is 13.4. The summed E-state index contributed by atoms with van der Waals surface area (Å²) in [5.74, 6) is 1.01. The molecule has 0 atom stereocenters. The summed E-state index contributed by atoms with van der Waals surface area (Å²) >= 11 is 8.49. The zero-order valence-electron chi connectivity index (χ0n) is 7.34. The van der Waals surface area contributed by atoms with Crippen LogP contribution < -0.4 is 10.0 Å². The van der Waals surface area contributed by atoms with Crippen molar-refractivity contribution in [3.05, 3.63) is 24.3 Å². The van der Waals surface area contributed by atoms with Crippen LogP contribution in [-0.2, 0) is 0 Å². The summed E-state index contributed by atoms with van der Waals surface area (Å²) in [5.41, 5.74) is 0. The second-order valence-electron chi connectivity index (χ2n) is 2.52. The van der Waals surface area contributed by atoms with Crippen LogP contribution in [0.1, 0.15) is 0 Å². The number of benzene rings is 1. The summed E-state index contributed by atoms with van der Waals surface area (Å²) in [4.78, 5) is -1.16. The van der Waals surface area contributed by atoms with Gasteiger partial charge in [0.2, 0.25) is 4.87 Å². The van der Waals surface area contributed by atoms with Crippen molar-refractivity contribution in [1.82, 2.24) is 0 Å². The van der Waals surface area contributed by atoms with Gasteiger partial charge in [0.25, 0.3) is 0 Å². The van der Waals surface area contributed by atoms with Crippen molar-refractivity contribution >= 4 is 61.2 Å². The Morgan fingerprint density at radius 2 is 2.14 bits per heavy atom. The first-order valence-electron chi connectivity index (χ1n) is 3.80. The van der Waals surface area contributed by atoms with Crippen LogP contribution in [0.25, 0.3) is 0 Å². The zero-order valence-corrected chi connectivity index (χ0v) is 12.6. The van der Waals surface area contributed by atoms with Crippen molar-refractivity contribution in [2.45, 2.75) is 0 Å². The zero-order chi connectivity index (χ0) is 10.0. The van der Waals surface area contributed by atoms with E-state index in [1.165, 1.54) is 5.30 Å². The molecule has 1 aromatic carbocycles. The van der Waals surface area contributed by atoms with Crippen LogP contribution in [0, 0.1) is 0 Å². The molecule has 0 N–H and O–H groups in total. The van der Waals surface area contributed by atoms with Crippen molar-refractivity contribution in [1.29, 1.82) is 0 Å². The Balaban J connectivity index is 2.38. The average Bonchev–Trinajstić information content (AvgIpc) is 2.18. The molecule has 0 spiro atoms. The third-order valence-electron chi connectivity index (χ3n) is 1.80. The second kappa shape index (κ2) is 5.07. The number of thiol groups is 1.